The molecule has 21 heavy (non-hydrogen) atoms. The van der Waals surface area contributed by atoms with Gasteiger partial charge in [-0.2, -0.15) is 0 Å². The molecule has 0 atom stereocenters. The number of nitrogens with zero attached hydrogens (tertiary/aromatic N) is 1. The normalized spacial score (nSPS) is 12.0. The predicted molar refractivity (Wildman–Crippen MR) is 89.3 cm³/mol. The fraction of sp³-hybridized carbons (Fsp3) is 0.643. The molecule has 0 saturated heterocycles. The Kier molecular flexibility index (Phi) is 5.47. The van der Waals surface area contributed by atoms with Crippen molar-refractivity contribution in [3.8, 4) is 5.75 Å². The van der Waals surface area contributed by atoms with Crippen molar-refractivity contribution in [3.63, 3.8) is 0 Å². The van der Waals surface area contributed by atoms with Gasteiger partial charge in [0.1, 0.15) is 15.6 Å². The van der Waals surface area contributed by atoms with Crippen molar-refractivity contribution in [2.45, 2.75) is 39.3 Å². The van der Waals surface area contributed by atoms with Gasteiger partial charge in [0.2, 0.25) is 0 Å². The van der Waals surface area contributed by atoms with E-state index in [2.05, 4.69) is 24.1 Å². The average molecular weight is 314 g/mol. The second kappa shape index (κ2) is 6.53. The Hall–Kier alpha value is -1.47. The highest BCUT2D eigenvalue weighted by Gasteiger charge is 2.25. The summed E-state index contributed by atoms with van der Waals surface area (Å²) >= 11 is 1.23. The quantitative estimate of drug-likeness (QED) is 0.715. The number of amides is 1. The number of anilines is 2. The smallest absolute Gasteiger partial charge is 0.261 e. The Morgan fingerprint density at radius 3 is 2.43 bits per heavy atom. The monoisotopic (exact) mass is 314 g/mol. The molecule has 1 heterocycles. The van der Waals surface area contributed by atoms with E-state index in [0.717, 1.165) is 5.00 Å². The Morgan fingerprint density at radius 2 is 2.00 bits per heavy atom. The molecule has 120 valence electrons. The molecule has 0 unspecified atom stereocenters. The standard InChI is InChI=1S/C14H26N4O2S/c1-8(2)20-10-9(15)11(12(16)19)21-13(10)17-7-14(3,4)18(5)6/h8,17H,7,15H2,1-6H3,(H2,16,19). The molecule has 0 aromatic carbocycles. The number of primary amides is 1. The molecule has 0 saturated carbocycles. The number of nitrogen functional groups attached to an aromatic ring is 1. The molecule has 0 aliphatic heterocycles. The van der Waals surface area contributed by atoms with Crippen molar-refractivity contribution in [2.75, 3.05) is 31.7 Å². The summed E-state index contributed by atoms with van der Waals surface area (Å²) in [5, 5.41) is 4.06. The van der Waals surface area contributed by atoms with Crippen LogP contribution in [0.25, 0.3) is 0 Å². The lowest BCUT2D eigenvalue weighted by Gasteiger charge is -2.32. The number of carbonyl (C=O) groups is 1. The van der Waals surface area contributed by atoms with Crippen molar-refractivity contribution in [1.29, 1.82) is 0 Å². The van der Waals surface area contributed by atoms with Crippen molar-refractivity contribution in [2.24, 2.45) is 5.73 Å². The van der Waals surface area contributed by atoms with Gasteiger partial charge in [-0.05, 0) is 41.8 Å². The van der Waals surface area contributed by atoms with Gasteiger partial charge in [0.05, 0.1) is 6.10 Å². The van der Waals surface area contributed by atoms with Crippen LogP contribution in [0.5, 0.6) is 5.75 Å². The van der Waals surface area contributed by atoms with Gasteiger partial charge in [0, 0.05) is 12.1 Å². The zero-order valence-electron chi connectivity index (χ0n) is 13.6. The van der Waals surface area contributed by atoms with Crippen LogP contribution in [0.3, 0.4) is 0 Å². The van der Waals surface area contributed by atoms with Gasteiger partial charge >= 0.3 is 0 Å². The number of thiophene rings is 1. The number of carbonyl (C=O) groups excluding carboxylic acids is 1. The highest BCUT2D eigenvalue weighted by molar-refractivity contribution is 7.19. The van der Waals surface area contributed by atoms with Crippen molar-refractivity contribution in [3.05, 3.63) is 4.88 Å². The highest BCUT2D eigenvalue weighted by atomic mass is 32.1. The molecule has 1 aromatic heterocycles. The lowest BCUT2D eigenvalue weighted by Crippen LogP contribution is -2.44. The zero-order chi connectivity index (χ0) is 16.4. The van der Waals surface area contributed by atoms with E-state index in [1.165, 1.54) is 11.3 Å². The van der Waals surface area contributed by atoms with E-state index >= 15 is 0 Å². The summed E-state index contributed by atoms with van der Waals surface area (Å²) in [6.45, 7) is 8.75. The second-order valence-corrected chi connectivity index (χ2v) is 7.12. The van der Waals surface area contributed by atoms with Crippen LogP contribution in [-0.2, 0) is 0 Å². The summed E-state index contributed by atoms with van der Waals surface area (Å²) < 4.78 is 5.73. The molecule has 0 aliphatic carbocycles. The first-order chi connectivity index (χ1) is 9.56. The predicted octanol–water partition coefficient (Wildman–Crippen LogP) is 1.97. The van der Waals surface area contributed by atoms with Gasteiger partial charge in [-0.25, -0.2) is 0 Å². The highest BCUT2D eigenvalue weighted by Crippen LogP contribution is 2.43. The minimum Gasteiger partial charge on any atom is -0.486 e. The van der Waals surface area contributed by atoms with Gasteiger partial charge in [-0.1, -0.05) is 0 Å². The lowest BCUT2D eigenvalue weighted by atomic mass is 10.0. The molecule has 0 bridgehead atoms. The molecule has 1 rings (SSSR count). The average Bonchev–Trinajstić information content (AvgIpc) is 2.64. The van der Waals surface area contributed by atoms with Crippen LogP contribution in [0.2, 0.25) is 0 Å². The molecule has 1 aromatic rings. The molecule has 0 fully saturated rings. The minimum atomic E-state index is -0.536. The third kappa shape index (κ3) is 4.25. The van der Waals surface area contributed by atoms with Crippen LogP contribution in [-0.4, -0.2) is 43.1 Å². The number of hydrogen-bond donors (Lipinski definition) is 3. The van der Waals surface area contributed by atoms with Crippen molar-refractivity contribution in [1.82, 2.24) is 4.90 Å². The first-order valence-corrected chi connectivity index (χ1v) is 7.68. The molecular weight excluding hydrogens is 288 g/mol. The number of hydrogen-bond acceptors (Lipinski definition) is 6. The second-order valence-electron chi connectivity index (χ2n) is 6.09. The SMILES string of the molecule is CC(C)Oc1c(NCC(C)(C)N(C)C)sc(C(N)=O)c1N. The van der Waals surface area contributed by atoms with Crippen molar-refractivity contribution >= 4 is 27.9 Å². The first-order valence-electron chi connectivity index (χ1n) is 6.86. The van der Waals surface area contributed by atoms with E-state index in [4.69, 9.17) is 16.2 Å². The molecule has 6 nitrogen and oxygen atoms in total. The molecule has 0 aliphatic rings. The number of nitrogens with one attached hydrogen (secondary N) is 1. The van der Waals surface area contributed by atoms with E-state index in [1.54, 1.807) is 0 Å². The van der Waals surface area contributed by atoms with Crippen LogP contribution in [0.15, 0.2) is 0 Å². The molecular formula is C14H26N4O2S. The lowest BCUT2D eigenvalue weighted by molar-refractivity contribution is 0.100. The minimum absolute atomic E-state index is 0.0370. The summed E-state index contributed by atoms with van der Waals surface area (Å²) in [5.74, 6) is -0.0237. The molecule has 0 radical (unpaired) electrons. The van der Waals surface area contributed by atoms with Crippen LogP contribution < -0.4 is 21.5 Å². The van der Waals surface area contributed by atoms with Crippen LogP contribution in [0.1, 0.15) is 37.4 Å². The summed E-state index contributed by atoms with van der Waals surface area (Å²) in [5.41, 5.74) is 11.6. The van der Waals surface area contributed by atoms with Gasteiger partial charge in [-0.3, -0.25) is 4.79 Å². The Labute approximate surface area is 130 Å². The third-order valence-corrected chi connectivity index (χ3v) is 4.53. The van der Waals surface area contributed by atoms with Gasteiger partial charge in [0.15, 0.2) is 5.75 Å². The van der Waals surface area contributed by atoms with E-state index < -0.39 is 5.91 Å². The van der Waals surface area contributed by atoms with E-state index in [-0.39, 0.29) is 11.6 Å². The van der Waals surface area contributed by atoms with Crippen LogP contribution in [0.4, 0.5) is 10.7 Å². The largest absolute Gasteiger partial charge is 0.486 e. The van der Waals surface area contributed by atoms with Crippen LogP contribution in [0, 0.1) is 0 Å². The number of nitrogens with two attached hydrogens (primary N) is 2. The fourth-order valence-electron chi connectivity index (χ4n) is 1.54. The number of rotatable bonds is 7. The van der Waals surface area contributed by atoms with Gasteiger partial charge < -0.3 is 26.4 Å². The van der Waals surface area contributed by atoms with E-state index in [9.17, 15) is 4.79 Å². The topological polar surface area (TPSA) is 93.6 Å². The Bertz CT molecular complexity index is 509. The summed E-state index contributed by atoms with van der Waals surface area (Å²) in [6, 6.07) is 0. The molecule has 7 heteroatoms. The first kappa shape index (κ1) is 17.6. The van der Waals surface area contributed by atoms with Gasteiger partial charge in [-0.15, -0.1) is 11.3 Å². The van der Waals surface area contributed by atoms with Crippen LogP contribution >= 0.6 is 11.3 Å². The van der Waals surface area contributed by atoms with E-state index in [0.29, 0.717) is 22.9 Å². The summed E-state index contributed by atoms with van der Waals surface area (Å²) in [6.07, 6.45) is -0.0370. The zero-order valence-corrected chi connectivity index (χ0v) is 14.4. The Morgan fingerprint density at radius 1 is 1.43 bits per heavy atom. The van der Waals surface area contributed by atoms with E-state index in [1.807, 2.05) is 27.9 Å². The third-order valence-electron chi connectivity index (χ3n) is 3.37. The molecule has 0 spiro atoms. The maximum Gasteiger partial charge on any atom is 0.261 e. The van der Waals surface area contributed by atoms with Crippen molar-refractivity contribution < 1.29 is 9.53 Å². The maximum absolute atomic E-state index is 11.4. The Balaban J connectivity index is 3.05. The molecule has 1 amide bonds. The number of likely N-dealkylation sites (N-methyl/N-ethyl adjacent to an activating group) is 1. The fourth-order valence-corrected chi connectivity index (χ4v) is 2.44. The maximum atomic E-state index is 11.4. The number of ether oxygens (including phenoxy) is 1. The summed E-state index contributed by atoms with van der Waals surface area (Å²) in [7, 11) is 4.04. The molecule has 5 N–H and O–H groups in total. The van der Waals surface area contributed by atoms with Gasteiger partial charge in [0.25, 0.3) is 5.91 Å². The summed E-state index contributed by atoms with van der Waals surface area (Å²) in [4.78, 5) is 13.9.